The fourth-order valence-corrected chi connectivity index (χ4v) is 2.31. The molecule has 1 fully saturated rings. The third kappa shape index (κ3) is 3.45. The molecule has 3 N–H and O–H groups in total. The number of hydrogen-bond acceptors (Lipinski definition) is 4. The van der Waals surface area contributed by atoms with Crippen LogP contribution in [0.4, 0.5) is 5.69 Å². The summed E-state index contributed by atoms with van der Waals surface area (Å²) in [5, 5.41) is 2.99. The van der Waals surface area contributed by atoms with Crippen LogP contribution in [0.25, 0.3) is 0 Å². The van der Waals surface area contributed by atoms with Crippen LogP contribution in [0.15, 0.2) is 24.3 Å². The normalized spacial score (nSPS) is 22.3. The van der Waals surface area contributed by atoms with E-state index in [1.807, 2.05) is 43.3 Å². The maximum absolute atomic E-state index is 12.2. The van der Waals surface area contributed by atoms with Gasteiger partial charge in [-0.05, 0) is 25.5 Å². The minimum atomic E-state index is -0.0225. The van der Waals surface area contributed by atoms with Gasteiger partial charge in [0.15, 0.2) is 0 Å². The summed E-state index contributed by atoms with van der Waals surface area (Å²) in [7, 11) is 3.88. The minimum absolute atomic E-state index is 0.0225. The van der Waals surface area contributed by atoms with Crippen LogP contribution in [0.1, 0.15) is 23.7 Å². The fraction of sp³-hybridized carbons (Fsp3) is 0.500. The third-order valence-electron chi connectivity index (χ3n) is 3.31. The molecule has 1 amide bonds. The number of para-hydroxylation sites is 1. The number of rotatable bonds is 4. The smallest absolute Gasteiger partial charge is 0.253 e. The average molecular weight is 262 g/mol. The molecule has 104 valence electrons. The number of hydrogen-bond donors (Lipinski definition) is 3. The number of nitrogens with one attached hydrogen (secondary N) is 3. The zero-order chi connectivity index (χ0) is 13.8. The number of carbonyl (C=O) groups is 1. The van der Waals surface area contributed by atoms with E-state index in [9.17, 15) is 4.79 Å². The first-order valence-corrected chi connectivity index (χ1v) is 6.63. The van der Waals surface area contributed by atoms with Crippen molar-refractivity contribution >= 4 is 11.6 Å². The number of hydrazine groups is 1. The molecule has 1 aromatic rings. The first-order chi connectivity index (χ1) is 9.08. The summed E-state index contributed by atoms with van der Waals surface area (Å²) in [6.45, 7) is 2.76. The van der Waals surface area contributed by atoms with Gasteiger partial charge in [0.05, 0.1) is 5.56 Å². The van der Waals surface area contributed by atoms with E-state index >= 15 is 0 Å². The van der Waals surface area contributed by atoms with Crippen molar-refractivity contribution < 1.29 is 4.79 Å². The maximum atomic E-state index is 12.2. The Labute approximate surface area is 114 Å². The molecule has 1 aromatic carbocycles. The Morgan fingerprint density at radius 1 is 1.37 bits per heavy atom. The van der Waals surface area contributed by atoms with Crippen molar-refractivity contribution in [1.29, 1.82) is 0 Å². The molecular weight excluding hydrogens is 240 g/mol. The second-order valence-corrected chi connectivity index (χ2v) is 5.24. The standard InChI is InChI=1S/C14H22N4O/c1-10-8-11(17-16-10)9-15-14(19)12-6-4-5-7-13(12)18(2)3/h4-7,10-11,16-17H,8-9H2,1-3H3,(H,15,19). The van der Waals surface area contributed by atoms with Crippen LogP contribution < -0.4 is 21.1 Å². The van der Waals surface area contributed by atoms with E-state index in [2.05, 4.69) is 23.1 Å². The van der Waals surface area contributed by atoms with Crippen molar-refractivity contribution in [3.8, 4) is 0 Å². The van der Waals surface area contributed by atoms with Crippen molar-refractivity contribution in [3.63, 3.8) is 0 Å². The molecule has 2 atom stereocenters. The molecule has 0 aromatic heterocycles. The molecule has 0 radical (unpaired) electrons. The van der Waals surface area contributed by atoms with Gasteiger partial charge in [-0.25, -0.2) is 0 Å². The Bertz CT molecular complexity index is 447. The van der Waals surface area contributed by atoms with Gasteiger partial charge >= 0.3 is 0 Å². The number of benzene rings is 1. The van der Waals surface area contributed by atoms with E-state index in [1.54, 1.807) is 0 Å². The zero-order valence-electron chi connectivity index (χ0n) is 11.7. The molecule has 1 aliphatic rings. The average Bonchev–Trinajstić information content (AvgIpc) is 2.81. The molecule has 19 heavy (non-hydrogen) atoms. The Kier molecular flexibility index (Phi) is 4.39. The van der Waals surface area contributed by atoms with Crippen LogP contribution in [0, 0.1) is 0 Å². The summed E-state index contributed by atoms with van der Waals surface area (Å²) < 4.78 is 0. The van der Waals surface area contributed by atoms with Crippen molar-refractivity contribution in [3.05, 3.63) is 29.8 Å². The Morgan fingerprint density at radius 2 is 2.11 bits per heavy atom. The van der Waals surface area contributed by atoms with Crippen molar-refractivity contribution in [1.82, 2.24) is 16.2 Å². The highest BCUT2D eigenvalue weighted by Crippen LogP contribution is 2.17. The molecule has 0 aliphatic carbocycles. The van der Waals surface area contributed by atoms with Gasteiger partial charge in [0.2, 0.25) is 0 Å². The second kappa shape index (κ2) is 6.04. The Morgan fingerprint density at radius 3 is 2.74 bits per heavy atom. The minimum Gasteiger partial charge on any atom is -0.377 e. The molecule has 2 rings (SSSR count). The van der Waals surface area contributed by atoms with Crippen LogP contribution in [-0.2, 0) is 0 Å². The summed E-state index contributed by atoms with van der Waals surface area (Å²) in [6.07, 6.45) is 1.02. The second-order valence-electron chi connectivity index (χ2n) is 5.24. The van der Waals surface area contributed by atoms with Gasteiger partial charge in [-0.1, -0.05) is 12.1 Å². The summed E-state index contributed by atoms with van der Waals surface area (Å²) >= 11 is 0. The Hall–Kier alpha value is -1.59. The van der Waals surface area contributed by atoms with E-state index in [0.29, 0.717) is 24.2 Å². The highest BCUT2D eigenvalue weighted by molar-refractivity contribution is 5.99. The first-order valence-electron chi connectivity index (χ1n) is 6.63. The van der Waals surface area contributed by atoms with Crippen molar-refractivity contribution in [2.24, 2.45) is 0 Å². The quantitative estimate of drug-likeness (QED) is 0.749. The monoisotopic (exact) mass is 262 g/mol. The molecule has 0 bridgehead atoms. The van der Waals surface area contributed by atoms with Gasteiger partial charge in [-0.15, -0.1) is 0 Å². The van der Waals surface area contributed by atoms with E-state index in [4.69, 9.17) is 0 Å². The predicted octanol–water partition coefficient (Wildman–Crippen LogP) is 0.737. The molecule has 1 heterocycles. The van der Waals surface area contributed by atoms with Crippen LogP contribution in [-0.4, -0.2) is 38.6 Å². The summed E-state index contributed by atoms with van der Waals surface area (Å²) in [5.41, 5.74) is 7.98. The SMILES string of the molecule is CC1CC(CNC(=O)c2ccccc2N(C)C)NN1. The molecule has 1 aliphatic heterocycles. The van der Waals surface area contributed by atoms with E-state index < -0.39 is 0 Å². The molecular formula is C14H22N4O. The van der Waals surface area contributed by atoms with Gasteiger partial charge in [0.1, 0.15) is 0 Å². The van der Waals surface area contributed by atoms with Crippen LogP contribution in [0.3, 0.4) is 0 Å². The van der Waals surface area contributed by atoms with Crippen molar-refractivity contribution in [2.75, 3.05) is 25.5 Å². The van der Waals surface area contributed by atoms with Crippen LogP contribution in [0.2, 0.25) is 0 Å². The van der Waals surface area contributed by atoms with Gasteiger partial charge in [0, 0.05) is 38.4 Å². The molecule has 2 unspecified atom stereocenters. The van der Waals surface area contributed by atoms with E-state index in [-0.39, 0.29) is 5.91 Å². The van der Waals surface area contributed by atoms with E-state index in [0.717, 1.165) is 12.1 Å². The van der Waals surface area contributed by atoms with E-state index in [1.165, 1.54) is 0 Å². The predicted molar refractivity (Wildman–Crippen MR) is 77.2 cm³/mol. The molecule has 5 nitrogen and oxygen atoms in total. The lowest BCUT2D eigenvalue weighted by atomic mass is 10.1. The van der Waals surface area contributed by atoms with Gasteiger partial charge in [-0.2, -0.15) is 0 Å². The van der Waals surface area contributed by atoms with Gasteiger partial charge in [-0.3, -0.25) is 15.6 Å². The van der Waals surface area contributed by atoms with Crippen molar-refractivity contribution in [2.45, 2.75) is 25.4 Å². The highest BCUT2D eigenvalue weighted by atomic mass is 16.1. The molecule has 5 heteroatoms. The number of carbonyl (C=O) groups excluding carboxylic acids is 1. The van der Waals surface area contributed by atoms with Gasteiger partial charge < -0.3 is 10.2 Å². The third-order valence-corrected chi connectivity index (χ3v) is 3.31. The fourth-order valence-electron chi connectivity index (χ4n) is 2.31. The van der Waals surface area contributed by atoms with Crippen LogP contribution >= 0.6 is 0 Å². The summed E-state index contributed by atoms with van der Waals surface area (Å²) in [6, 6.07) is 8.39. The lowest BCUT2D eigenvalue weighted by Crippen LogP contribution is -2.40. The Balaban J connectivity index is 1.96. The molecule has 0 saturated carbocycles. The molecule has 1 saturated heterocycles. The largest absolute Gasteiger partial charge is 0.377 e. The van der Waals surface area contributed by atoms with Gasteiger partial charge in [0.25, 0.3) is 5.91 Å². The summed E-state index contributed by atoms with van der Waals surface area (Å²) in [4.78, 5) is 14.2. The lowest BCUT2D eigenvalue weighted by Gasteiger charge is -2.17. The maximum Gasteiger partial charge on any atom is 0.253 e. The molecule has 0 spiro atoms. The highest BCUT2D eigenvalue weighted by Gasteiger charge is 2.21. The zero-order valence-corrected chi connectivity index (χ0v) is 11.7. The summed E-state index contributed by atoms with van der Waals surface area (Å²) in [5.74, 6) is -0.0225. The lowest BCUT2D eigenvalue weighted by molar-refractivity contribution is 0.0950. The topological polar surface area (TPSA) is 56.4 Å². The first kappa shape index (κ1) is 13.8. The van der Waals surface area contributed by atoms with Crippen LogP contribution in [0.5, 0.6) is 0 Å². The number of nitrogens with zero attached hydrogens (tertiary/aromatic N) is 1. The number of amides is 1. The number of anilines is 1.